The zero-order valence-corrected chi connectivity index (χ0v) is 12.7. The van der Waals surface area contributed by atoms with E-state index in [2.05, 4.69) is 20.4 Å². The lowest BCUT2D eigenvalue weighted by molar-refractivity contribution is 0.0533. The van der Waals surface area contributed by atoms with Crippen molar-refractivity contribution >= 4 is 0 Å². The highest BCUT2D eigenvalue weighted by Gasteiger charge is 2.34. The Morgan fingerprint density at radius 2 is 2.17 bits per heavy atom. The fourth-order valence-electron chi connectivity index (χ4n) is 3.16. The van der Waals surface area contributed by atoms with Crippen molar-refractivity contribution in [2.75, 3.05) is 13.7 Å². The molecule has 0 unspecified atom stereocenters. The van der Waals surface area contributed by atoms with Crippen molar-refractivity contribution in [3.05, 3.63) is 23.3 Å². The molecular weight excluding hydrogens is 304 g/mol. The first-order chi connectivity index (χ1) is 11.2. The van der Waals surface area contributed by atoms with Gasteiger partial charge in [-0.1, -0.05) is 0 Å². The minimum absolute atomic E-state index is 0.339. The summed E-state index contributed by atoms with van der Waals surface area (Å²) in [5, 5.41) is 7.43. The molecule has 4 rings (SSSR count). The standard InChI is InChI=1S/C15H17F2N5O/c1-23-14-11(12(8-2-3-8)19-7-20-14)13-9-6-18-5-4-10(9)22(21-13)15(16)17/h7-8,15,18H,2-6H2,1H3. The third kappa shape index (κ3) is 2.37. The highest BCUT2D eigenvalue weighted by molar-refractivity contribution is 5.72. The average molecular weight is 321 g/mol. The van der Waals surface area contributed by atoms with Gasteiger partial charge in [0.05, 0.1) is 24.1 Å². The molecule has 0 aromatic carbocycles. The largest absolute Gasteiger partial charge is 0.480 e. The predicted octanol–water partition coefficient (Wildman–Crippen LogP) is 2.27. The number of nitrogens with one attached hydrogen (secondary N) is 1. The molecule has 0 saturated heterocycles. The maximum Gasteiger partial charge on any atom is 0.333 e. The van der Waals surface area contributed by atoms with Crippen LogP contribution in [0.1, 0.15) is 42.3 Å². The number of aromatic nitrogens is 4. The fraction of sp³-hybridized carbons (Fsp3) is 0.533. The third-order valence-corrected chi connectivity index (χ3v) is 4.38. The van der Waals surface area contributed by atoms with Crippen LogP contribution >= 0.6 is 0 Å². The maximum absolute atomic E-state index is 13.4. The normalized spacial score (nSPS) is 17.4. The van der Waals surface area contributed by atoms with Gasteiger partial charge in [-0.3, -0.25) is 0 Å². The van der Waals surface area contributed by atoms with Crippen molar-refractivity contribution in [2.45, 2.75) is 38.3 Å². The number of hydrogen-bond acceptors (Lipinski definition) is 5. The molecule has 0 amide bonds. The molecule has 122 valence electrons. The summed E-state index contributed by atoms with van der Waals surface area (Å²) < 4.78 is 32.9. The average Bonchev–Trinajstić information content (AvgIpc) is 3.34. The van der Waals surface area contributed by atoms with E-state index in [0.717, 1.165) is 28.8 Å². The van der Waals surface area contributed by atoms with Crippen LogP contribution in [0, 0.1) is 0 Å². The second-order valence-electron chi connectivity index (χ2n) is 5.84. The topological polar surface area (TPSA) is 64.9 Å². The van der Waals surface area contributed by atoms with Gasteiger partial charge in [0, 0.05) is 31.0 Å². The van der Waals surface area contributed by atoms with Gasteiger partial charge in [-0.05, 0) is 12.8 Å². The lowest BCUT2D eigenvalue weighted by Gasteiger charge is -2.16. The van der Waals surface area contributed by atoms with Crippen molar-refractivity contribution in [2.24, 2.45) is 0 Å². The maximum atomic E-state index is 13.4. The summed E-state index contributed by atoms with van der Waals surface area (Å²) in [5.74, 6) is 0.736. The number of rotatable bonds is 4. The molecule has 1 fully saturated rings. The number of fused-ring (bicyclic) bond motifs is 1. The molecule has 6 nitrogen and oxygen atoms in total. The van der Waals surface area contributed by atoms with Crippen LogP contribution in [0.2, 0.25) is 0 Å². The van der Waals surface area contributed by atoms with Crippen molar-refractivity contribution in [3.8, 4) is 17.1 Å². The van der Waals surface area contributed by atoms with Gasteiger partial charge < -0.3 is 10.1 Å². The minimum atomic E-state index is -2.66. The summed E-state index contributed by atoms with van der Waals surface area (Å²) in [7, 11) is 1.53. The predicted molar refractivity (Wildman–Crippen MR) is 78.4 cm³/mol. The molecular formula is C15H17F2N5O. The van der Waals surface area contributed by atoms with E-state index in [1.165, 1.54) is 13.4 Å². The number of halogens is 2. The van der Waals surface area contributed by atoms with E-state index in [1.54, 1.807) is 0 Å². The van der Waals surface area contributed by atoms with E-state index in [4.69, 9.17) is 4.74 Å². The summed E-state index contributed by atoms with van der Waals surface area (Å²) in [6, 6.07) is 0. The highest BCUT2D eigenvalue weighted by atomic mass is 19.3. The molecule has 0 spiro atoms. The Balaban J connectivity index is 1.94. The third-order valence-electron chi connectivity index (χ3n) is 4.38. The van der Waals surface area contributed by atoms with E-state index in [-0.39, 0.29) is 0 Å². The Kier molecular flexibility index (Phi) is 3.48. The molecule has 1 aliphatic heterocycles. The molecule has 2 aliphatic rings. The smallest absolute Gasteiger partial charge is 0.333 e. The van der Waals surface area contributed by atoms with E-state index in [0.29, 0.717) is 48.3 Å². The summed E-state index contributed by atoms with van der Waals surface area (Å²) in [6.45, 7) is -1.47. The van der Waals surface area contributed by atoms with E-state index in [9.17, 15) is 8.78 Å². The Morgan fingerprint density at radius 3 is 2.87 bits per heavy atom. The molecule has 1 saturated carbocycles. The molecule has 8 heteroatoms. The molecule has 3 heterocycles. The first kappa shape index (κ1) is 14.5. The quantitative estimate of drug-likeness (QED) is 0.936. The van der Waals surface area contributed by atoms with Gasteiger partial charge in [0.1, 0.15) is 12.0 Å². The summed E-state index contributed by atoms with van der Waals surface area (Å²) in [6.07, 6.45) is 4.08. The molecule has 23 heavy (non-hydrogen) atoms. The van der Waals surface area contributed by atoms with Crippen molar-refractivity contribution in [3.63, 3.8) is 0 Å². The number of ether oxygens (including phenoxy) is 1. The van der Waals surface area contributed by atoms with Crippen LogP contribution in [0.5, 0.6) is 5.88 Å². The summed E-state index contributed by atoms with van der Waals surface area (Å²) in [4.78, 5) is 8.54. The Hall–Kier alpha value is -2.09. The molecule has 0 bridgehead atoms. The fourth-order valence-corrected chi connectivity index (χ4v) is 3.16. The first-order valence-corrected chi connectivity index (χ1v) is 7.69. The first-order valence-electron chi connectivity index (χ1n) is 7.69. The van der Waals surface area contributed by atoms with Crippen LogP contribution in [-0.4, -0.2) is 33.4 Å². The minimum Gasteiger partial charge on any atom is -0.480 e. The molecule has 0 atom stereocenters. The van der Waals surface area contributed by atoms with Gasteiger partial charge >= 0.3 is 6.55 Å². The van der Waals surface area contributed by atoms with E-state index >= 15 is 0 Å². The van der Waals surface area contributed by atoms with Crippen molar-refractivity contribution in [1.29, 1.82) is 0 Å². The number of nitrogens with zero attached hydrogens (tertiary/aromatic N) is 4. The zero-order valence-electron chi connectivity index (χ0n) is 12.7. The number of methoxy groups -OCH3 is 1. The van der Waals surface area contributed by atoms with Crippen LogP contribution in [0.25, 0.3) is 11.3 Å². The number of hydrogen-bond donors (Lipinski definition) is 1. The van der Waals surface area contributed by atoms with Crippen LogP contribution in [0.15, 0.2) is 6.33 Å². The lowest BCUT2D eigenvalue weighted by Crippen LogP contribution is -2.25. The van der Waals surface area contributed by atoms with E-state index in [1.807, 2.05) is 0 Å². The molecule has 2 aromatic rings. The van der Waals surface area contributed by atoms with Gasteiger partial charge in [-0.25, -0.2) is 14.6 Å². The zero-order chi connectivity index (χ0) is 16.0. The van der Waals surface area contributed by atoms with Crippen molar-refractivity contribution < 1.29 is 13.5 Å². The van der Waals surface area contributed by atoms with Crippen LogP contribution in [-0.2, 0) is 13.0 Å². The van der Waals surface area contributed by atoms with Crippen molar-refractivity contribution in [1.82, 2.24) is 25.1 Å². The Labute approximate surface area is 131 Å². The van der Waals surface area contributed by atoms with Gasteiger partial charge in [0.15, 0.2) is 0 Å². The van der Waals surface area contributed by atoms with Crippen LogP contribution in [0.4, 0.5) is 8.78 Å². The molecule has 1 N–H and O–H groups in total. The monoisotopic (exact) mass is 321 g/mol. The van der Waals surface area contributed by atoms with E-state index < -0.39 is 6.55 Å². The second-order valence-corrected chi connectivity index (χ2v) is 5.84. The molecule has 1 aliphatic carbocycles. The Morgan fingerprint density at radius 1 is 1.35 bits per heavy atom. The SMILES string of the molecule is COc1ncnc(C2CC2)c1-c1nn(C(F)F)c2c1CNCC2. The van der Waals surface area contributed by atoms with Gasteiger partial charge in [-0.15, -0.1) is 0 Å². The van der Waals surface area contributed by atoms with Crippen LogP contribution in [0.3, 0.4) is 0 Å². The highest BCUT2D eigenvalue weighted by Crippen LogP contribution is 2.46. The summed E-state index contributed by atoms with van der Waals surface area (Å²) >= 11 is 0. The number of alkyl halides is 2. The van der Waals surface area contributed by atoms with Gasteiger partial charge in [0.25, 0.3) is 0 Å². The lowest BCUT2D eigenvalue weighted by atomic mass is 10.00. The van der Waals surface area contributed by atoms with Crippen LogP contribution < -0.4 is 10.1 Å². The molecule has 0 radical (unpaired) electrons. The summed E-state index contributed by atoms with van der Waals surface area (Å²) in [5.41, 5.74) is 3.42. The molecule has 2 aromatic heterocycles. The van der Waals surface area contributed by atoms with Gasteiger partial charge in [-0.2, -0.15) is 13.9 Å². The second kappa shape index (κ2) is 5.52. The Bertz CT molecular complexity index is 742. The van der Waals surface area contributed by atoms with Gasteiger partial charge in [0.2, 0.25) is 5.88 Å².